The fraction of sp³-hybridized carbons (Fsp3) is 0.333. The summed E-state index contributed by atoms with van der Waals surface area (Å²) < 4.78 is 22.3. The molecule has 0 bridgehead atoms. The van der Waals surface area contributed by atoms with E-state index in [1.807, 2.05) is 0 Å². The van der Waals surface area contributed by atoms with E-state index in [9.17, 15) is 9.50 Å². The first-order valence-corrected chi connectivity index (χ1v) is 6.93. The lowest BCUT2D eigenvalue weighted by Gasteiger charge is -2.11. The van der Waals surface area contributed by atoms with Gasteiger partial charge >= 0.3 is 0 Å². The number of methoxy groups -OCH3 is 1. The van der Waals surface area contributed by atoms with Crippen molar-refractivity contribution in [2.24, 2.45) is 0 Å². The van der Waals surface area contributed by atoms with Gasteiger partial charge in [-0.1, -0.05) is 17.7 Å². The maximum Gasteiger partial charge on any atom is 0.202 e. The Morgan fingerprint density at radius 2 is 2.35 bits per heavy atom. The molecule has 0 aliphatic heterocycles. The first-order valence-electron chi connectivity index (χ1n) is 5.78. The fourth-order valence-corrected chi connectivity index (χ4v) is 2.23. The number of hydrogen-bond donors (Lipinski definition) is 2. The van der Waals surface area contributed by atoms with Crippen LogP contribution in [-0.4, -0.2) is 28.1 Å². The molecule has 5 nitrogen and oxygen atoms in total. The summed E-state index contributed by atoms with van der Waals surface area (Å²) >= 11 is 6.76. The van der Waals surface area contributed by atoms with Crippen LogP contribution in [0.3, 0.4) is 0 Å². The molecule has 0 spiro atoms. The molecule has 2 aromatic rings. The van der Waals surface area contributed by atoms with Crippen LogP contribution in [0, 0.1) is 5.82 Å². The van der Waals surface area contributed by atoms with E-state index in [0.29, 0.717) is 23.1 Å². The van der Waals surface area contributed by atoms with E-state index in [1.54, 1.807) is 13.2 Å². The molecule has 0 saturated heterocycles. The van der Waals surface area contributed by atoms with Crippen molar-refractivity contribution in [2.45, 2.75) is 12.7 Å². The Bertz CT molecular complexity index is 582. The summed E-state index contributed by atoms with van der Waals surface area (Å²) in [5.74, 6) is 0.0218. The first kappa shape index (κ1) is 15.1. The second-order valence-corrected chi connectivity index (χ2v) is 5.18. The number of ether oxygens (including phenoxy) is 1. The molecule has 0 aliphatic carbocycles. The zero-order valence-electron chi connectivity index (χ0n) is 10.6. The van der Waals surface area contributed by atoms with E-state index in [2.05, 4.69) is 14.7 Å². The highest BCUT2D eigenvalue weighted by Crippen LogP contribution is 2.21. The SMILES string of the molecule is COCc1nsc(NCC(O)c2ccc(Cl)c(F)c2)n1. The minimum atomic E-state index is -0.864. The normalized spacial score (nSPS) is 12.4. The van der Waals surface area contributed by atoms with Crippen LogP contribution in [0.5, 0.6) is 0 Å². The largest absolute Gasteiger partial charge is 0.387 e. The molecule has 108 valence electrons. The van der Waals surface area contributed by atoms with Crippen molar-refractivity contribution >= 4 is 28.3 Å². The van der Waals surface area contributed by atoms with Crippen molar-refractivity contribution in [1.82, 2.24) is 9.36 Å². The summed E-state index contributed by atoms with van der Waals surface area (Å²) in [4.78, 5) is 4.16. The average molecular weight is 318 g/mol. The van der Waals surface area contributed by atoms with Crippen LogP contribution in [0.1, 0.15) is 17.5 Å². The number of rotatable bonds is 6. The van der Waals surface area contributed by atoms with Gasteiger partial charge in [-0.15, -0.1) is 0 Å². The molecule has 2 N–H and O–H groups in total. The van der Waals surface area contributed by atoms with E-state index >= 15 is 0 Å². The third-order valence-electron chi connectivity index (χ3n) is 2.52. The third kappa shape index (κ3) is 3.86. The summed E-state index contributed by atoms with van der Waals surface area (Å²) in [5, 5.41) is 13.5. The van der Waals surface area contributed by atoms with Crippen LogP contribution in [-0.2, 0) is 11.3 Å². The van der Waals surface area contributed by atoms with Gasteiger partial charge in [-0.05, 0) is 17.7 Å². The van der Waals surface area contributed by atoms with E-state index in [-0.39, 0.29) is 11.6 Å². The predicted octanol–water partition coefficient (Wildman–Crippen LogP) is 2.62. The maximum absolute atomic E-state index is 13.3. The van der Waals surface area contributed by atoms with Crippen LogP contribution in [0.15, 0.2) is 18.2 Å². The van der Waals surface area contributed by atoms with Crippen LogP contribution in [0.2, 0.25) is 5.02 Å². The first-order chi connectivity index (χ1) is 9.60. The fourth-order valence-electron chi connectivity index (χ4n) is 1.53. The minimum absolute atomic E-state index is 0.0299. The number of aromatic nitrogens is 2. The molecular formula is C12H13ClFN3O2S. The van der Waals surface area contributed by atoms with Gasteiger partial charge < -0.3 is 15.2 Å². The Labute approximate surface area is 124 Å². The van der Waals surface area contributed by atoms with Crippen molar-refractivity contribution < 1.29 is 14.2 Å². The third-order valence-corrected chi connectivity index (χ3v) is 3.53. The van der Waals surface area contributed by atoms with Gasteiger partial charge in [0.15, 0.2) is 5.82 Å². The molecule has 1 heterocycles. The Kier molecular flexibility index (Phi) is 5.24. The Balaban J connectivity index is 1.93. The lowest BCUT2D eigenvalue weighted by molar-refractivity contribution is 0.179. The van der Waals surface area contributed by atoms with E-state index in [0.717, 1.165) is 0 Å². The molecule has 1 unspecified atom stereocenters. The highest BCUT2D eigenvalue weighted by atomic mass is 35.5. The van der Waals surface area contributed by atoms with Crippen molar-refractivity contribution in [3.05, 3.63) is 40.4 Å². The van der Waals surface area contributed by atoms with Crippen molar-refractivity contribution in [3.63, 3.8) is 0 Å². The molecule has 20 heavy (non-hydrogen) atoms. The lowest BCUT2D eigenvalue weighted by Crippen LogP contribution is -2.12. The molecule has 0 fully saturated rings. The zero-order chi connectivity index (χ0) is 14.5. The Morgan fingerprint density at radius 3 is 3.05 bits per heavy atom. The number of hydrogen-bond acceptors (Lipinski definition) is 6. The van der Waals surface area contributed by atoms with Gasteiger partial charge in [-0.2, -0.15) is 4.37 Å². The number of nitrogens with zero attached hydrogens (tertiary/aromatic N) is 2. The number of halogens is 2. The van der Waals surface area contributed by atoms with Crippen molar-refractivity contribution in [2.75, 3.05) is 19.0 Å². The minimum Gasteiger partial charge on any atom is -0.387 e. The molecule has 0 aliphatic rings. The van der Waals surface area contributed by atoms with Crippen LogP contribution < -0.4 is 5.32 Å². The van der Waals surface area contributed by atoms with Crippen molar-refractivity contribution in [3.8, 4) is 0 Å². The number of aliphatic hydroxyl groups excluding tert-OH is 1. The monoisotopic (exact) mass is 317 g/mol. The lowest BCUT2D eigenvalue weighted by atomic mass is 10.1. The maximum atomic E-state index is 13.3. The van der Waals surface area contributed by atoms with Gasteiger partial charge in [-0.25, -0.2) is 9.37 Å². The summed E-state index contributed by atoms with van der Waals surface area (Å²) in [7, 11) is 1.56. The number of aliphatic hydroxyl groups is 1. The molecule has 1 aromatic carbocycles. The molecule has 8 heteroatoms. The van der Waals surface area contributed by atoms with E-state index in [1.165, 1.54) is 23.7 Å². The summed E-state index contributed by atoms with van der Waals surface area (Å²) in [6.07, 6.45) is -0.864. The van der Waals surface area contributed by atoms with E-state index in [4.69, 9.17) is 16.3 Å². The van der Waals surface area contributed by atoms with E-state index < -0.39 is 11.9 Å². The molecule has 1 atom stereocenters. The van der Waals surface area contributed by atoms with Crippen LogP contribution in [0.4, 0.5) is 9.52 Å². The molecule has 0 saturated carbocycles. The second-order valence-electron chi connectivity index (χ2n) is 4.02. The van der Waals surface area contributed by atoms with Gasteiger partial charge in [-0.3, -0.25) is 0 Å². The van der Waals surface area contributed by atoms with Gasteiger partial charge in [0, 0.05) is 25.2 Å². The Hall–Kier alpha value is -1.28. The number of benzene rings is 1. The second kappa shape index (κ2) is 6.94. The molecule has 0 amide bonds. The highest BCUT2D eigenvalue weighted by Gasteiger charge is 2.11. The quantitative estimate of drug-likeness (QED) is 0.857. The highest BCUT2D eigenvalue weighted by molar-refractivity contribution is 7.09. The van der Waals surface area contributed by atoms with Crippen LogP contribution >= 0.6 is 23.1 Å². The van der Waals surface area contributed by atoms with Gasteiger partial charge in [0.25, 0.3) is 0 Å². The van der Waals surface area contributed by atoms with Crippen LogP contribution in [0.25, 0.3) is 0 Å². The average Bonchev–Trinajstić information content (AvgIpc) is 2.87. The smallest absolute Gasteiger partial charge is 0.202 e. The zero-order valence-corrected chi connectivity index (χ0v) is 12.2. The van der Waals surface area contributed by atoms with Gasteiger partial charge in [0.2, 0.25) is 5.13 Å². The number of anilines is 1. The predicted molar refractivity (Wildman–Crippen MR) is 75.5 cm³/mol. The summed E-state index contributed by atoms with van der Waals surface area (Å²) in [6, 6.07) is 4.20. The van der Waals surface area contributed by atoms with Gasteiger partial charge in [0.1, 0.15) is 12.4 Å². The molecular weight excluding hydrogens is 305 g/mol. The molecule has 2 rings (SSSR count). The Morgan fingerprint density at radius 1 is 1.55 bits per heavy atom. The summed E-state index contributed by atoms with van der Waals surface area (Å²) in [5.41, 5.74) is 0.445. The number of nitrogens with one attached hydrogen (secondary N) is 1. The molecule has 1 aromatic heterocycles. The summed E-state index contributed by atoms with van der Waals surface area (Å²) in [6.45, 7) is 0.534. The standard InChI is InChI=1S/C12H13ClFN3O2S/c1-19-6-11-16-12(20-17-11)15-5-10(18)7-2-3-8(13)9(14)4-7/h2-4,10,18H,5-6H2,1H3,(H,15,16,17). The molecule has 0 radical (unpaired) electrons. The van der Waals surface area contributed by atoms with Gasteiger partial charge in [0.05, 0.1) is 11.1 Å². The van der Waals surface area contributed by atoms with Crippen molar-refractivity contribution in [1.29, 1.82) is 0 Å². The topological polar surface area (TPSA) is 67.3 Å².